The van der Waals surface area contributed by atoms with E-state index < -0.39 is 0 Å². The van der Waals surface area contributed by atoms with Crippen molar-refractivity contribution in [2.45, 2.75) is 427 Å². The molecule has 0 unspecified atom stereocenters. The van der Waals surface area contributed by atoms with Gasteiger partial charge in [0.1, 0.15) is 34.5 Å². The maximum Gasteiger partial charge on any atom is 0.136 e. The molecule has 9 aromatic rings. The summed E-state index contributed by atoms with van der Waals surface area (Å²) in [6.45, 7) is 16.9. The van der Waals surface area contributed by atoms with Gasteiger partial charge < -0.3 is 28.4 Å². The zero-order valence-corrected chi connectivity index (χ0v) is 87.8. The van der Waals surface area contributed by atoms with E-state index in [4.69, 9.17) is 58.3 Å². The normalized spacial score (nSPS) is 11.0. The van der Waals surface area contributed by atoms with Gasteiger partial charge in [0.15, 0.2) is 0 Å². The van der Waals surface area contributed by atoms with Gasteiger partial charge in [-0.1, -0.05) is 460 Å². The predicted octanol–water partition coefficient (Wildman–Crippen LogP) is 36.1. The van der Waals surface area contributed by atoms with E-state index in [2.05, 4.69) is 125 Å². The van der Waals surface area contributed by atoms with E-state index in [0.717, 1.165) is 122 Å². The molecule has 0 fully saturated rings. The highest BCUT2D eigenvalue weighted by atomic mass is 16.5. The summed E-state index contributed by atoms with van der Waals surface area (Å²) in [7, 11) is 0. The van der Waals surface area contributed by atoms with Gasteiger partial charge in [0.05, 0.1) is 119 Å². The molecular formula is C128H176N6O6. The first kappa shape index (κ1) is 113. The number of ether oxygens (including phenoxy) is 6. The largest absolute Gasteiger partial charge is 0.492 e. The lowest BCUT2D eigenvalue weighted by Gasteiger charge is -2.15. The Kier molecular flexibility index (Phi) is 60.3. The molecule has 0 aliphatic carbocycles. The van der Waals surface area contributed by atoms with Gasteiger partial charge in [0, 0.05) is 72.3 Å². The molecule has 0 amide bonds. The topological polar surface area (TPSA) is 133 Å². The van der Waals surface area contributed by atoms with Gasteiger partial charge >= 0.3 is 0 Å². The second-order valence-corrected chi connectivity index (χ2v) is 38.8. The number of hydrogen-bond donors (Lipinski definition) is 0. The summed E-state index contributed by atoms with van der Waals surface area (Å²) in [5.41, 5.74) is 11.7. The zero-order valence-electron chi connectivity index (χ0n) is 87.8. The van der Waals surface area contributed by atoms with Gasteiger partial charge in [-0.2, -0.15) is 0 Å². The highest BCUT2D eigenvalue weighted by Gasteiger charge is 2.19. The van der Waals surface area contributed by atoms with E-state index in [1.165, 1.54) is 308 Å². The van der Waals surface area contributed by atoms with Crippen molar-refractivity contribution >= 4 is 0 Å². The fraction of sp³-hybridized carbons (Fsp3) is 0.562. The van der Waals surface area contributed by atoms with Gasteiger partial charge in [0.25, 0.3) is 0 Å². The molecule has 6 heterocycles. The van der Waals surface area contributed by atoms with Crippen LogP contribution >= 0.6 is 0 Å². The average Bonchev–Trinajstić information content (AvgIpc) is 0.806. The Hall–Kier alpha value is -10.4. The van der Waals surface area contributed by atoms with Crippen molar-refractivity contribution in [2.24, 2.45) is 0 Å². The van der Waals surface area contributed by atoms with Crippen LogP contribution in [0.5, 0.6) is 34.5 Å². The Bertz CT molecular complexity index is 4620. The molecule has 0 saturated heterocycles. The van der Waals surface area contributed by atoms with Crippen LogP contribution in [0.15, 0.2) is 158 Å². The third-order valence-electron chi connectivity index (χ3n) is 26.5. The number of aromatic nitrogens is 6. The molecule has 3 aromatic carbocycles. The standard InChI is InChI=1S/C128H176N6O6/c1-7-13-19-25-31-37-43-49-55-69-91-135-123-103-111(125(137-93-71-57-51-45-39-33-27-21-15-9-3)101-109(123)81-79-107-97-119(115-75-61-65-87-129-115)133-120(98-107)116-76-62-66-88-130-116)83-85-113-105-128(140-96-74-60-54-48-42-36-30-24-18-12-6)114(106-127(113)139-95-73-59-53-47-41-35-29-23-17-11-5)86-84-112-104-124(136-92-70-56-50-44-38-32-26-20-14-8-2)110(102-126(112)138-94-72-58-52-46-40-34-28-22-16-10-4)82-80-108-99-121(117-77-63-67-89-131-117)134-122(100-108)118-78-64-68-90-132-118/h61-68,75-78,87-90,97-106H,7-60,69-74,91-96H2,1-6H3. The van der Waals surface area contributed by atoms with Crippen molar-refractivity contribution in [2.75, 3.05) is 39.6 Å². The van der Waals surface area contributed by atoms with Crippen LogP contribution in [0.3, 0.4) is 0 Å². The number of hydrogen-bond acceptors (Lipinski definition) is 12. The van der Waals surface area contributed by atoms with Crippen LogP contribution in [0.2, 0.25) is 0 Å². The lowest BCUT2D eigenvalue weighted by atomic mass is 10.0. The Labute approximate surface area is 849 Å². The molecule has 140 heavy (non-hydrogen) atoms. The molecule has 12 nitrogen and oxygen atoms in total. The molecule has 0 aliphatic heterocycles. The number of nitrogens with zero attached hydrogens (tertiary/aromatic N) is 6. The molecule has 9 rings (SSSR count). The summed E-state index contributed by atoms with van der Waals surface area (Å²) in [5.74, 6) is 33.5. The monoisotopic (exact) mass is 1890 g/mol. The maximum atomic E-state index is 7.17. The van der Waals surface area contributed by atoms with Crippen molar-refractivity contribution < 1.29 is 28.4 Å². The Balaban J connectivity index is 1.18. The van der Waals surface area contributed by atoms with Gasteiger partial charge in [-0.25, -0.2) is 9.97 Å². The second-order valence-electron chi connectivity index (χ2n) is 38.8. The quantitative estimate of drug-likeness (QED) is 0.0265. The molecule has 754 valence electrons. The minimum absolute atomic E-state index is 0.520. The minimum Gasteiger partial charge on any atom is -0.492 e. The van der Waals surface area contributed by atoms with E-state index in [0.29, 0.717) is 119 Å². The third kappa shape index (κ3) is 47.5. The fourth-order valence-electron chi connectivity index (χ4n) is 17.9. The Morgan fingerprint density at radius 2 is 0.314 bits per heavy atom. The SMILES string of the molecule is CCCCCCCCCCCCOc1cc(C#Cc2cc(OCCCCCCCCCCCC)c(C#Cc3cc(OCCCCCCCCCCCC)c(C#Cc4cc(-c5ccccn5)nc(-c5ccccn5)c4)cc3OCCCCCCCCCCCC)cc2OCCCCCCCCCCCC)c(OCCCCCCCCCCCC)cc1C#Cc1cc(-c2ccccn2)nc(-c2ccccn2)c1. The summed E-state index contributed by atoms with van der Waals surface area (Å²) in [6.07, 6.45) is 80.5. The third-order valence-corrected chi connectivity index (χ3v) is 26.5. The molecule has 0 saturated carbocycles. The summed E-state index contributed by atoms with van der Waals surface area (Å²) >= 11 is 0. The number of rotatable bonds is 76. The molecule has 6 aromatic heterocycles. The van der Waals surface area contributed by atoms with Crippen molar-refractivity contribution in [3.8, 4) is 127 Å². The average molecular weight is 1890 g/mol. The number of pyridine rings is 6. The van der Waals surface area contributed by atoms with E-state index in [1.54, 1.807) is 24.8 Å². The van der Waals surface area contributed by atoms with Crippen LogP contribution in [0, 0.1) is 47.4 Å². The molecule has 0 spiro atoms. The van der Waals surface area contributed by atoms with Crippen LogP contribution in [0.25, 0.3) is 45.6 Å². The lowest BCUT2D eigenvalue weighted by molar-refractivity contribution is 0.294. The van der Waals surface area contributed by atoms with Gasteiger partial charge in [-0.15, -0.1) is 0 Å². The van der Waals surface area contributed by atoms with Crippen LogP contribution < -0.4 is 28.4 Å². The first-order chi connectivity index (χ1) is 69.4. The Morgan fingerprint density at radius 1 is 0.164 bits per heavy atom. The van der Waals surface area contributed by atoms with Crippen LogP contribution in [0.4, 0.5) is 0 Å². The number of unbranched alkanes of at least 4 members (excludes halogenated alkanes) is 54. The van der Waals surface area contributed by atoms with Crippen molar-refractivity contribution in [1.29, 1.82) is 0 Å². The molecule has 0 radical (unpaired) electrons. The smallest absolute Gasteiger partial charge is 0.136 e. The van der Waals surface area contributed by atoms with Crippen molar-refractivity contribution in [3.63, 3.8) is 0 Å². The molecule has 0 atom stereocenters. The van der Waals surface area contributed by atoms with Crippen LogP contribution in [-0.2, 0) is 0 Å². The van der Waals surface area contributed by atoms with Gasteiger partial charge in [-0.3, -0.25) is 19.9 Å². The minimum atomic E-state index is 0.520. The first-order valence-corrected chi connectivity index (χ1v) is 56.4. The fourth-order valence-corrected chi connectivity index (χ4v) is 17.9. The highest BCUT2D eigenvalue weighted by molar-refractivity contribution is 5.70. The Morgan fingerprint density at radius 3 is 0.464 bits per heavy atom. The summed E-state index contributed by atoms with van der Waals surface area (Å²) in [6, 6.07) is 44.2. The van der Waals surface area contributed by atoms with E-state index >= 15 is 0 Å². The van der Waals surface area contributed by atoms with E-state index in [-0.39, 0.29) is 0 Å². The first-order valence-electron chi connectivity index (χ1n) is 56.4. The van der Waals surface area contributed by atoms with Gasteiger partial charge in [0.2, 0.25) is 0 Å². The highest BCUT2D eigenvalue weighted by Crippen LogP contribution is 2.36. The molecule has 0 N–H and O–H groups in total. The lowest BCUT2D eigenvalue weighted by Crippen LogP contribution is -2.04. The molecular weight excluding hydrogens is 1720 g/mol. The summed E-state index contributed by atoms with van der Waals surface area (Å²) in [5, 5.41) is 0. The van der Waals surface area contributed by atoms with Gasteiger partial charge in [-0.05, 0) is 111 Å². The second kappa shape index (κ2) is 74.5. The number of benzene rings is 3. The van der Waals surface area contributed by atoms with E-state index in [9.17, 15) is 0 Å². The van der Waals surface area contributed by atoms with Crippen molar-refractivity contribution in [1.82, 2.24) is 29.9 Å². The van der Waals surface area contributed by atoms with Crippen LogP contribution in [0.1, 0.15) is 471 Å². The zero-order chi connectivity index (χ0) is 97.9. The predicted molar refractivity (Wildman–Crippen MR) is 589 cm³/mol. The summed E-state index contributed by atoms with van der Waals surface area (Å²) in [4.78, 5) is 29.2. The van der Waals surface area contributed by atoms with Crippen molar-refractivity contribution in [3.05, 3.63) is 203 Å². The summed E-state index contributed by atoms with van der Waals surface area (Å²) < 4.78 is 42.6. The molecule has 0 bridgehead atoms. The van der Waals surface area contributed by atoms with E-state index in [1.807, 2.05) is 97.1 Å². The maximum absolute atomic E-state index is 7.17. The molecule has 12 heteroatoms. The van der Waals surface area contributed by atoms with Crippen LogP contribution in [-0.4, -0.2) is 69.5 Å². The molecule has 0 aliphatic rings.